The van der Waals surface area contributed by atoms with E-state index in [1.165, 1.54) is 45.2 Å². The summed E-state index contributed by atoms with van der Waals surface area (Å²) in [6.45, 7) is 4.15. The normalized spacial score (nSPS) is 16.0. The summed E-state index contributed by atoms with van der Waals surface area (Å²) in [5.74, 6) is 0.206. The zero-order valence-corrected chi connectivity index (χ0v) is 13.2. The van der Waals surface area contributed by atoms with Crippen molar-refractivity contribution in [3.63, 3.8) is 0 Å². The van der Waals surface area contributed by atoms with Crippen LogP contribution in [0, 0.1) is 10.1 Å². The average molecular weight is 267 g/mol. The van der Waals surface area contributed by atoms with E-state index < -0.39 is 0 Å². The van der Waals surface area contributed by atoms with Crippen molar-refractivity contribution in [3.05, 3.63) is 10.1 Å². The number of rotatable bonds is 3. The number of hydrogen-bond acceptors (Lipinski definition) is 5. The zero-order valence-electron chi connectivity index (χ0n) is 11.2. The molecule has 0 saturated carbocycles. The van der Waals surface area contributed by atoms with Gasteiger partial charge in [-0.25, -0.2) is 0 Å². The molecule has 1 fully saturated rings. The molecule has 1 saturated heterocycles. The molecular weight excluding hydrogens is 245 g/mol. The third-order valence-electron chi connectivity index (χ3n) is 2.66. The molecule has 100 valence electrons. The minimum absolute atomic E-state index is 0. The Morgan fingerprint density at radius 2 is 1.56 bits per heavy atom. The maximum Gasteiger partial charge on any atom is 1.00 e. The topological polar surface area (TPSA) is 120 Å². The Hall–Kier alpha value is -0.370. The number of likely N-dealkylation sites (tertiary alicyclic amines) is 1. The third kappa shape index (κ3) is 13.7. The fourth-order valence-electron chi connectivity index (χ4n) is 1.86. The Morgan fingerprint density at radius 3 is 2.00 bits per heavy atom. The van der Waals surface area contributed by atoms with Crippen molar-refractivity contribution >= 4 is 5.96 Å². The van der Waals surface area contributed by atoms with Crippen molar-refractivity contribution in [2.24, 2.45) is 21.8 Å². The SMILES string of the molecule is NC(N)=NCCN1CCCCCCC1.O=N[O-].[Na+]. The largest absolute Gasteiger partial charge is 1.00 e. The van der Waals surface area contributed by atoms with Crippen LogP contribution in [0.5, 0.6) is 0 Å². The maximum atomic E-state index is 8.00. The third-order valence-corrected chi connectivity index (χ3v) is 2.66. The molecule has 0 bridgehead atoms. The minimum Gasteiger partial charge on any atom is -0.444 e. The van der Waals surface area contributed by atoms with Crippen LogP contribution in [0.15, 0.2) is 10.3 Å². The molecule has 8 heteroatoms. The summed E-state index contributed by atoms with van der Waals surface area (Å²) < 4.78 is 0. The number of nitrogens with zero attached hydrogens (tertiary/aromatic N) is 3. The fourth-order valence-corrected chi connectivity index (χ4v) is 1.86. The van der Waals surface area contributed by atoms with E-state index in [9.17, 15) is 0 Å². The van der Waals surface area contributed by atoms with E-state index in [-0.39, 0.29) is 35.5 Å². The number of aliphatic imine (C=N–C) groups is 1. The first kappa shape index (κ1) is 20.0. The van der Waals surface area contributed by atoms with E-state index in [1.807, 2.05) is 0 Å². The van der Waals surface area contributed by atoms with Gasteiger partial charge >= 0.3 is 29.6 Å². The standard InChI is InChI=1S/C10H22N4.HNO2.Na/c11-10(12)13-6-9-14-7-4-2-1-3-5-8-14;2-1-3;/h1-9H2,(H4,11,12,13);(H,2,3);/q;;+1/p-1. The van der Waals surface area contributed by atoms with Crippen molar-refractivity contribution in [1.29, 1.82) is 0 Å². The molecule has 4 N–H and O–H groups in total. The summed E-state index contributed by atoms with van der Waals surface area (Å²) >= 11 is 0. The van der Waals surface area contributed by atoms with Crippen LogP contribution in [0.2, 0.25) is 0 Å². The molecule has 0 radical (unpaired) electrons. The Kier molecular flexibility index (Phi) is 16.3. The molecule has 7 nitrogen and oxygen atoms in total. The van der Waals surface area contributed by atoms with E-state index in [1.54, 1.807) is 0 Å². The van der Waals surface area contributed by atoms with E-state index in [0.717, 1.165) is 18.4 Å². The maximum absolute atomic E-state index is 8.00. The molecule has 0 aromatic rings. The van der Waals surface area contributed by atoms with Crippen molar-refractivity contribution in [3.8, 4) is 0 Å². The fraction of sp³-hybridized carbons (Fsp3) is 0.900. The summed E-state index contributed by atoms with van der Waals surface area (Å²) in [5.41, 5.74) is 10.5. The van der Waals surface area contributed by atoms with Gasteiger partial charge in [-0.3, -0.25) is 4.99 Å². The van der Waals surface area contributed by atoms with Gasteiger partial charge in [-0.05, 0) is 25.9 Å². The van der Waals surface area contributed by atoms with Crippen molar-refractivity contribution < 1.29 is 29.6 Å². The molecule has 0 amide bonds. The zero-order chi connectivity index (χ0) is 12.9. The average Bonchev–Trinajstić information content (AvgIpc) is 2.21. The number of nitrogens with two attached hydrogens (primary N) is 2. The van der Waals surface area contributed by atoms with Crippen molar-refractivity contribution in [1.82, 2.24) is 4.90 Å². The van der Waals surface area contributed by atoms with E-state index in [0.29, 0.717) is 0 Å². The molecule has 1 aliphatic rings. The van der Waals surface area contributed by atoms with Gasteiger partial charge in [0, 0.05) is 6.54 Å². The summed E-state index contributed by atoms with van der Waals surface area (Å²) in [6.07, 6.45) is 6.79. The second-order valence-electron chi connectivity index (χ2n) is 3.99. The van der Waals surface area contributed by atoms with Gasteiger partial charge in [0.1, 0.15) is 0 Å². The van der Waals surface area contributed by atoms with Gasteiger partial charge in [0.2, 0.25) is 0 Å². The second-order valence-corrected chi connectivity index (χ2v) is 3.99. The van der Waals surface area contributed by atoms with Crippen LogP contribution in [-0.4, -0.2) is 37.0 Å². The Morgan fingerprint density at radius 1 is 1.11 bits per heavy atom. The van der Waals surface area contributed by atoms with Crippen LogP contribution in [-0.2, 0) is 0 Å². The summed E-state index contributed by atoms with van der Waals surface area (Å²) in [7, 11) is 0. The molecule has 18 heavy (non-hydrogen) atoms. The second kappa shape index (κ2) is 14.7. The van der Waals surface area contributed by atoms with Gasteiger partial charge in [-0.1, -0.05) is 19.3 Å². The van der Waals surface area contributed by atoms with Gasteiger partial charge in [-0.15, -0.1) is 5.34 Å². The van der Waals surface area contributed by atoms with E-state index in [4.69, 9.17) is 21.6 Å². The van der Waals surface area contributed by atoms with Gasteiger partial charge in [-0.2, -0.15) is 0 Å². The first-order valence-electron chi connectivity index (χ1n) is 5.93. The van der Waals surface area contributed by atoms with Gasteiger partial charge in [0.05, 0.1) is 6.54 Å². The predicted molar refractivity (Wildman–Crippen MR) is 69.4 cm³/mol. The monoisotopic (exact) mass is 267 g/mol. The molecule has 1 rings (SSSR count). The van der Waals surface area contributed by atoms with Crippen LogP contribution in [0.4, 0.5) is 0 Å². The van der Waals surface area contributed by atoms with Crippen LogP contribution in [0.1, 0.15) is 32.1 Å². The predicted octanol–water partition coefficient (Wildman–Crippen LogP) is -2.22. The summed E-state index contributed by atoms with van der Waals surface area (Å²) in [6, 6.07) is 0. The van der Waals surface area contributed by atoms with Crippen LogP contribution in [0.25, 0.3) is 0 Å². The molecule has 1 aliphatic heterocycles. The molecule has 0 aliphatic carbocycles. The quantitative estimate of drug-likeness (QED) is 0.197. The number of hydrogen-bond donors (Lipinski definition) is 2. The first-order valence-corrected chi connectivity index (χ1v) is 5.93. The van der Waals surface area contributed by atoms with E-state index >= 15 is 0 Å². The van der Waals surface area contributed by atoms with E-state index in [2.05, 4.69) is 9.89 Å². The van der Waals surface area contributed by atoms with Gasteiger partial charge in [0.15, 0.2) is 5.96 Å². The molecule has 0 atom stereocenters. The Balaban J connectivity index is 0. The molecule has 0 unspecified atom stereocenters. The smallest absolute Gasteiger partial charge is 0.444 e. The Bertz CT molecular complexity index is 216. The minimum atomic E-state index is 0. The van der Waals surface area contributed by atoms with Crippen LogP contribution >= 0.6 is 0 Å². The molecule has 0 aromatic heterocycles. The van der Waals surface area contributed by atoms with Crippen LogP contribution in [0.3, 0.4) is 0 Å². The van der Waals surface area contributed by atoms with Crippen LogP contribution < -0.4 is 41.0 Å². The number of guanidine groups is 1. The summed E-state index contributed by atoms with van der Waals surface area (Å²) in [5, 5.41) is 9.00. The van der Waals surface area contributed by atoms with Gasteiger partial charge in [0.25, 0.3) is 0 Å². The van der Waals surface area contributed by atoms with Crippen molar-refractivity contribution in [2.75, 3.05) is 26.2 Å². The first-order chi connectivity index (χ1) is 8.20. The van der Waals surface area contributed by atoms with Gasteiger partial charge < -0.3 is 26.5 Å². The molecular formula is C10H22N5NaO2. The summed E-state index contributed by atoms with van der Waals surface area (Å²) in [4.78, 5) is 14.5. The molecule has 1 heterocycles. The van der Waals surface area contributed by atoms with Crippen molar-refractivity contribution in [2.45, 2.75) is 32.1 Å². The Labute approximate surface area is 130 Å². The molecule has 0 spiro atoms. The molecule has 0 aromatic carbocycles.